The summed E-state index contributed by atoms with van der Waals surface area (Å²) < 4.78 is 0. The Morgan fingerprint density at radius 1 is 1.20 bits per heavy atom. The molecule has 0 heterocycles. The molecule has 3 aliphatic carbocycles. The van der Waals surface area contributed by atoms with Gasteiger partial charge in [-0.3, -0.25) is 4.79 Å². The Kier molecular flexibility index (Phi) is 3.85. The first-order valence-corrected chi connectivity index (χ1v) is 7.96. The standard InChI is InChI=1S/C15H25N3O2/c16-14(17-20)9-18(12-3-1-2-4-12)15(19)13-8-10-5-6-11(13)7-10/h10-13,20H,1-9H2,(H2,16,17). The number of hydrogen-bond acceptors (Lipinski definition) is 3. The van der Waals surface area contributed by atoms with E-state index in [0.717, 1.165) is 25.2 Å². The average Bonchev–Trinajstić information content (AvgIpc) is 3.19. The minimum absolute atomic E-state index is 0.147. The van der Waals surface area contributed by atoms with Crippen LogP contribution in [-0.2, 0) is 4.79 Å². The zero-order valence-electron chi connectivity index (χ0n) is 12.0. The summed E-state index contributed by atoms with van der Waals surface area (Å²) in [6.07, 6.45) is 9.29. The molecule has 3 atom stereocenters. The Labute approximate surface area is 120 Å². The SMILES string of the molecule is NC(CN(C(=O)C1CC2CCC1C2)C1CCCC1)=NO. The minimum atomic E-state index is 0.147. The average molecular weight is 279 g/mol. The van der Waals surface area contributed by atoms with E-state index < -0.39 is 0 Å². The lowest BCUT2D eigenvalue weighted by Crippen LogP contribution is -2.47. The lowest BCUT2D eigenvalue weighted by molar-refractivity contribution is -0.138. The van der Waals surface area contributed by atoms with E-state index in [1.54, 1.807) is 0 Å². The van der Waals surface area contributed by atoms with E-state index in [9.17, 15) is 4.79 Å². The van der Waals surface area contributed by atoms with Crippen LogP contribution < -0.4 is 5.73 Å². The first-order valence-electron chi connectivity index (χ1n) is 7.96. The molecule has 5 nitrogen and oxygen atoms in total. The molecule has 3 N–H and O–H groups in total. The van der Waals surface area contributed by atoms with Crippen LogP contribution in [-0.4, -0.2) is 34.4 Å². The predicted octanol–water partition coefficient (Wildman–Crippen LogP) is 1.94. The van der Waals surface area contributed by atoms with Gasteiger partial charge in [-0.25, -0.2) is 0 Å². The van der Waals surface area contributed by atoms with E-state index in [4.69, 9.17) is 10.9 Å². The Morgan fingerprint density at radius 3 is 2.50 bits per heavy atom. The summed E-state index contributed by atoms with van der Waals surface area (Å²) in [6.45, 7) is 0.286. The van der Waals surface area contributed by atoms with Gasteiger partial charge in [-0.1, -0.05) is 24.4 Å². The highest BCUT2D eigenvalue weighted by atomic mass is 16.4. The van der Waals surface area contributed by atoms with Gasteiger partial charge in [-0.05, 0) is 43.9 Å². The molecular formula is C15H25N3O2. The second kappa shape index (κ2) is 5.62. The summed E-state index contributed by atoms with van der Waals surface area (Å²) in [5.74, 6) is 1.96. The second-order valence-electron chi connectivity index (χ2n) is 6.78. The van der Waals surface area contributed by atoms with Crippen molar-refractivity contribution in [2.75, 3.05) is 6.54 Å². The van der Waals surface area contributed by atoms with Crippen LogP contribution in [0.2, 0.25) is 0 Å². The lowest BCUT2D eigenvalue weighted by Gasteiger charge is -2.33. The number of amides is 1. The summed E-state index contributed by atoms with van der Waals surface area (Å²) in [7, 11) is 0. The van der Waals surface area contributed by atoms with Crippen LogP contribution in [0.15, 0.2) is 5.16 Å². The predicted molar refractivity (Wildman–Crippen MR) is 76.3 cm³/mol. The van der Waals surface area contributed by atoms with Gasteiger partial charge in [0.05, 0.1) is 6.54 Å². The van der Waals surface area contributed by atoms with Crippen molar-refractivity contribution >= 4 is 11.7 Å². The number of nitrogens with two attached hydrogens (primary N) is 1. The van der Waals surface area contributed by atoms with Gasteiger partial charge in [0.2, 0.25) is 5.91 Å². The Balaban J connectivity index is 1.72. The quantitative estimate of drug-likeness (QED) is 0.357. The molecule has 0 aromatic carbocycles. The minimum Gasteiger partial charge on any atom is -0.409 e. The molecule has 0 aromatic rings. The molecule has 0 saturated heterocycles. The summed E-state index contributed by atoms with van der Waals surface area (Å²) in [6, 6.07) is 0.293. The summed E-state index contributed by atoms with van der Waals surface area (Å²) in [5.41, 5.74) is 5.66. The molecule has 3 fully saturated rings. The largest absolute Gasteiger partial charge is 0.409 e. The first kappa shape index (κ1) is 13.7. The third-order valence-electron chi connectivity index (χ3n) is 5.56. The highest BCUT2D eigenvalue weighted by Crippen LogP contribution is 2.49. The molecule has 2 bridgehead atoms. The van der Waals surface area contributed by atoms with Gasteiger partial charge in [0, 0.05) is 12.0 Å². The number of amidine groups is 1. The topological polar surface area (TPSA) is 78.9 Å². The molecule has 3 rings (SSSR count). The Hall–Kier alpha value is -1.26. The fraction of sp³-hybridized carbons (Fsp3) is 0.867. The monoisotopic (exact) mass is 279 g/mol. The van der Waals surface area contributed by atoms with Crippen molar-refractivity contribution in [2.45, 2.75) is 57.4 Å². The number of carbonyl (C=O) groups is 1. The van der Waals surface area contributed by atoms with Gasteiger partial charge in [0.15, 0.2) is 5.84 Å². The van der Waals surface area contributed by atoms with Gasteiger partial charge in [-0.2, -0.15) is 0 Å². The van der Waals surface area contributed by atoms with E-state index in [2.05, 4.69) is 5.16 Å². The van der Waals surface area contributed by atoms with Gasteiger partial charge >= 0.3 is 0 Å². The Bertz CT molecular complexity index is 404. The number of oxime groups is 1. The number of carbonyl (C=O) groups excluding carboxylic acids is 1. The number of rotatable bonds is 4. The lowest BCUT2D eigenvalue weighted by atomic mass is 9.87. The van der Waals surface area contributed by atoms with Crippen molar-refractivity contribution in [3.63, 3.8) is 0 Å². The maximum absolute atomic E-state index is 12.9. The maximum atomic E-state index is 12.9. The van der Waals surface area contributed by atoms with Crippen molar-refractivity contribution in [3.05, 3.63) is 0 Å². The van der Waals surface area contributed by atoms with Gasteiger partial charge in [0.25, 0.3) is 0 Å². The second-order valence-corrected chi connectivity index (χ2v) is 6.78. The van der Waals surface area contributed by atoms with Crippen LogP contribution in [0.1, 0.15) is 51.4 Å². The van der Waals surface area contributed by atoms with Crippen LogP contribution in [0.25, 0.3) is 0 Å². The molecular weight excluding hydrogens is 254 g/mol. The number of fused-ring (bicyclic) bond motifs is 2. The molecule has 3 aliphatic rings. The number of nitrogens with zero attached hydrogens (tertiary/aromatic N) is 2. The number of hydrogen-bond donors (Lipinski definition) is 2. The fourth-order valence-corrected chi connectivity index (χ4v) is 4.57. The van der Waals surface area contributed by atoms with E-state index in [1.165, 1.54) is 32.1 Å². The molecule has 0 aliphatic heterocycles. The molecule has 0 spiro atoms. The van der Waals surface area contributed by atoms with Crippen LogP contribution in [0.3, 0.4) is 0 Å². The van der Waals surface area contributed by atoms with Crippen molar-refractivity contribution in [2.24, 2.45) is 28.6 Å². The van der Waals surface area contributed by atoms with Crippen molar-refractivity contribution in [1.82, 2.24) is 4.90 Å². The van der Waals surface area contributed by atoms with E-state index >= 15 is 0 Å². The van der Waals surface area contributed by atoms with Crippen LogP contribution in [0, 0.1) is 17.8 Å². The first-order chi connectivity index (χ1) is 9.69. The van der Waals surface area contributed by atoms with E-state index in [1.807, 2.05) is 4.90 Å². The summed E-state index contributed by atoms with van der Waals surface area (Å²) >= 11 is 0. The molecule has 3 saturated carbocycles. The molecule has 5 heteroatoms. The van der Waals surface area contributed by atoms with Crippen LogP contribution >= 0.6 is 0 Å². The van der Waals surface area contributed by atoms with Crippen LogP contribution in [0.4, 0.5) is 0 Å². The maximum Gasteiger partial charge on any atom is 0.226 e. The molecule has 20 heavy (non-hydrogen) atoms. The van der Waals surface area contributed by atoms with E-state index in [0.29, 0.717) is 12.0 Å². The molecule has 1 amide bonds. The molecule has 0 radical (unpaired) electrons. The summed E-state index contributed by atoms with van der Waals surface area (Å²) in [4.78, 5) is 14.8. The van der Waals surface area contributed by atoms with Crippen LogP contribution in [0.5, 0.6) is 0 Å². The molecule has 0 aromatic heterocycles. The van der Waals surface area contributed by atoms with Gasteiger partial charge in [-0.15, -0.1) is 0 Å². The highest BCUT2D eigenvalue weighted by Gasteiger charge is 2.45. The normalized spacial score (nSPS) is 33.8. The Morgan fingerprint density at radius 2 is 1.95 bits per heavy atom. The smallest absolute Gasteiger partial charge is 0.226 e. The van der Waals surface area contributed by atoms with Crippen molar-refractivity contribution in [3.8, 4) is 0 Å². The third kappa shape index (κ3) is 2.50. The van der Waals surface area contributed by atoms with Gasteiger partial charge < -0.3 is 15.8 Å². The van der Waals surface area contributed by atoms with Gasteiger partial charge in [0.1, 0.15) is 0 Å². The molecule has 112 valence electrons. The third-order valence-corrected chi connectivity index (χ3v) is 5.56. The van der Waals surface area contributed by atoms with Crippen molar-refractivity contribution in [1.29, 1.82) is 0 Å². The molecule has 3 unspecified atom stereocenters. The highest BCUT2D eigenvalue weighted by molar-refractivity contribution is 5.88. The zero-order chi connectivity index (χ0) is 14.1. The van der Waals surface area contributed by atoms with E-state index in [-0.39, 0.29) is 24.2 Å². The zero-order valence-corrected chi connectivity index (χ0v) is 12.0. The van der Waals surface area contributed by atoms with Crippen molar-refractivity contribution < 1.29 is 10.0 Å². The fourth-order valence-electron chi connectivity index (χ4n) is 4.57. The summed E-state index contributed by atoms with van der Waals surface area (Å²) in [5, 5.41) is 11.9.